The molecule has 0 fully saturated rings. The Balaban J connectivity index is 1.94. The minimum atomic E-state index is -3.85. The molecule has 8 heteroatoms. The average Bonchev–Trinajstić information content (AvgIpc) is 3.01. The molecule has 0 spiro atoms. The molecule has 0 aliphatic carbocycles. The van der Waals surface area contributed by atoms with E-state index in [1.807, 2.05) is 0 Å². The largest absolute Gasteiger partial charge is 0.378 e. The highest BCUT2D eigenvalue weighted by atomic mass is 32.3. The molecule has 0 saturated carbocycles. The summed E-state index contributed by atoms with van der Waals surface area (Å²) in [6, 6.07) is 7.41. The first-order chi connectivity index (χ1) is 10.5. The number of carbonyl (C=O) groups is 1. The van der Waals surface area contributed by atoms with Gasteiger partial charge >= 0.3 is 10.1 Å². The van der Waals surface area contributed by atoms with E-state index in [4.69, 9.17) is 9.92 Å². The van der Waals surface area contributed by atoms with Gasteiger partial charge in [0.2, 0.25) is 5.91 Å². The molecule has 0 bridgehead atoms. The minimum Gasteiger partial charge on any atom is -0.378 e. The van der Waals surface area contributed by atoms with Gasteiger partial charge in [0, 0.05) is 6.54 Å². The van der Waals surface area contributed by atoms with Crippen molar-refractivity contribution in [3.63, 3.8) is 0 Å². The van der Waals surface area contributed by atoms with Crippen molar-refractivity contribution in [2.45, 2.75) is 16.7 Å². The Morgan fingerprint density at radius 1 is 1.36 bits per heavy atom. The summed E-state index contributed by atoms with van der Waals surface area (Å²) in [5, 5.41) is 4.68. The average molecular weight is 338 g/mol. The predicted octanol–water partition coefficient (Wildman–Crippen LogP) is 1.19. The van der Waals surface area contributed by atoms with Crippen LogP contribution in [0, 0.1) is 0 Å². The van der Waals surface area contributed by atoms with Gasteiger partial charge in [-0.15, -0.1) is 11.3 Å². The Morgan fingerprint density at radius 2 is 2.18 bits per heavy atom. The van der Waals surface area contributed by atoms with Crippen LogP contribution in [0.2, 0.25) is 0 Å². The summed E-state index contributed by atoms with van der Waals surface area (Å²) in [6.07, 6.45) is 0.747. The fraction of sp³-hybridized carbons (Fsp3) is 0.214. The number of hydrogen-bond donors (Lipinski definition) is 2. The summed E-state index contributed by atoms with van der Waals surface area (Å²) in [7, 11) is -3.85. The number of primary amides is 1. The first-order valence-electron chi connectivity index (χ1n) is 6.61. The molecule has 1 atom stereocenters. The number of amides is 1. The van der Waals surface area contributed by atoms with Crippen LogP contribution in [0.25, 0.3) is 0 Å². The van der Waals surface area contributed by atoms with Crippen LogP contribution in [0.4, 0.5) is 0 Å². The van der Waals surface area contributed by atoms with E-state index in [1.165, 1.54) is 6.07 Å². The van der Waals surface area contributed by atoms with Gasteiger partial charge in [0.1, 0.15) is 11.8 Å². The number of thiophene rings is 1. The lowest BCUT2D eigenvalue weighted by Crippen LogP contribution is -2.38. The van der Waals surface area contributed by atoms with Crippen molar-refractivity contribution in [1.29, 1.82) is 0 Å². The van der Waals surface area contributed by atoms with Crippen LogP contribution in [0.1, 0.15) is 17.2 Å². The monoisotopic (exact) mass is 338 g/mol. The first-order valence-corrected chi connectivity index (χ1v) is 8.90. The molecule has 22 heavy (non-hydrogen) atoms. The van der Waals surface area contributed by atoms with Crippen LogP contribution < -0.4 is 15.2 Å². The smallest absolute Gasteiger partial charge is 0.348 e. The molecule has 0 radical (unpaired) electrons. The molecular formula is C14H14N2O4S2. The summed E-state index contributed by atoms with van der Waals surface area (Å²) in [4.78, 5) is 11.5. The standard InChI is InChI=1S/C14H14N2O4S2/c15-14(17)13-11-8-10(4-3-9(11)5-6-16-13)20-22(18,19)12-2-1-7-21-12/h1-4,7-8,13,16H,5-6H2,(H2,15,17). The molecule has 116 valence electrons. The van der Waals surface area contributed by atoms with E-state index in [-0.39, 0.29) is 9.96 Å². The van der Waals surface area contributed by atoms with E-state index < -0.39 is 22.1 Å². The third-order valence-corrected chi connectivity index (χ3v) is 6.01. The van der Waals surface area contributed by atoms with Crippen LogP contribution in [0.3, 0.4) is 0 Å². The van der Waals surface area contributed by atoms with Gasteiger partial charge in [-0.3, -0.25) is 4.79 Å². The molecule has 1 aromatic carbocycles. The lowest BCUT2D eigenvalue weighted by molar-refractivity contribution is -0.120. The second-order valence-corrected chi connectivity index (χ2v) is 7.59. The lowest BCUT2D eigenvalue weighted by Gasteiger charge is -2.24. The number of carbonyl (C=O) groups excluding carboxylic acids is 1. The third-order valence-electron chi connectivity index (χ3n) is 3.40. The summed E-state index contributed by atoms with van der Waals surface area (Å²) in [5.74, 6) is -0.332. The Kier molecular flexibility index (Phi) is 3.90. The van der Waals surface area contributed by atoms with E-state index >= 15 is 0 Å². The van der Waals surface area contributed by atoms with Crippen LogP contribution >= 0.6 is 11.3 Å². The van der Waals surface area contributed by atoms with Crippen LogP contribution in [-0.4, -0.2) is 20.9 Å². The number of hydrogen-bond acceptors (Lipinski definition) is 6. The molecule has 2 heterocycles. The Hall–Kier alpha value is -1.90. The molecule has 3 rings (SSSR count). The fourth-order valence-electron chi connectivity index (χ4n) is 2.41. The van der Waals surface area contributed by atoms with E-state index in [1.54, 1.807) is 29.6 Å². The number of rotatable bonds is 4. The maximum absolute atomic E-state index is 12.1. The molecule has 1 amide bonds. The first kappa shape index (κ1) is 15.0. The minimum absolute atomic E-state index is 0.134. The van der Waals surface area contributed by atoms with Crippen molar-refractivity contribution in [2.75, 3.05) is 6.54 Å². The number of fused-ring (bicyclic) bond motifs is 1. The van der Waals surface area contributed by atoms with Gasteiger partial charge in [0.05, 0.1) is 0 Å². The van der Waals surface area contributed by atoms with E-state index in [9.17, 15) is 13.2 Å². The van der Waals surface area contributed by atoms with Crippen LogP contribution in [-0.2, 0) is 21.3 Å². The Labute approximate surface area is 132 Å². The van der Waals surface area contributed by atoms with Gasteiger partial charge in [-0.1, -0.05) is 12.1 Å². The zero-order valence-electron chi connectivity index (χ0n) is 11.5. The second-order valence-electron chi connectivity index (χ2n) is 4.87. The maximum Gasteiger partial charge on any atom is 0.348 e. The molecule has 6 nitrogen and oxygen atoms in total. The van der Waals surface area contributed by atoms with E-state index in [2.05, 4.69) is 5.32 Å². The van der Waals surface area contributed by atoms with Crippen molar-refractivity contribution >= 4 is 27.4 Å². The molecule has 2 aromatic rings. The van der Waals surface area contributed by atoms with Gasteiger partial charge < -0.3 is 15.2 Å². The summed E-state index contributed by atoms with van der Waals surface area (Å²) in [6.45, 7) is 0.647. The van der Waals surface area contributed by atoms with Crippen molar-refractivity contribution in [3.8, 4) is 5.75 Å². The Morgan fingerprint density at radius 3 is 2.86 bits per heavy atom. The maximum atomic E-state index is 12.1. The summed E-state index contributed by atoms with van der Waals surface area (Å²) < 4.78 is 29.5. The molecule has 1 aliphatic rings. The normalized spacial score (nSPS) is 17.7. The lowest BCUT2D eigenvalue weighted by atomic mass is 9.94. The van der Waals surface area contributed by atoms with Crippen molar-refractivity contribution in [1.82, 2.24) is 5.32 Å². The molecule has 1 aliphatic heterocycles. The molecule has 1 aromatic heterocycles. The van der Waals surface area contributed by atoms with Gasteiger partial charge in [0.25, 0.3) is 0 Å². The van der Waals surface area contributed by atoms with Crippen molar-refractivity contribution < 1.29 is 17.4 Å². The highest BCUT2D eigenvalue weighted by Gasteiger charge is 2.26. The van der Waals surface area contributed by atoms with Gasteiger partial charge in [0.15, 0.2) is 4.21 Å². The van der Waals surface area contributed by atoms with Crippen molar-refractivity contribution in [2.24, 2.45) is 5.73 Å². The molecular weight excluding hydrogens is 324 g/mol. The van der Waals surface area contributed by atoms with E-state index in [0.717, 1.165) is 23.3 Å². The van der Waals surface area contributed by atoms with Gasteiger partial charge in [-0.05, 0) is 41.1 Å². The quantitative estimate of drug-likeness (QED) is 0.816. The second kappa shape index (κ2) is 5.71. The number of nitrogens with two attached hydrogens (primary N) is 1. The Bertz CT molecular complexity index is 800. The number of nitrogens with one attached hydrogen (secondary N) is 1. The number of benzene rings is 1. The zero-order valence-corrected chi connectivity index (χ0v) is 13.1. The van der Waals surface area contributed by atoms with Gasteiger partial charge in [-0.25, -0.2) is 0 Å². The van der Waals surface area contributed by atoms with Crippen LogP contribution in [0.5, 0.6) is 5.75 Å². The molecule has 0 saturated heterocycles. The third kappa shape index (κ3) is 2.85. The van der Waals surface area contributed by atoms with E-state index in [0.29, 0.717) is 12.1 Å². The topological polar surface area (TPSA) is 98.5 Å². The van der Waals surface area contributed by atoms with Crippen molar-refractivity contribution in [3.05, 3.63) is 46.8 Å². The van der Waals surface area contributed by atoms with Crippen LogP contribution in [0.15, 0.2) is 39.9 Å². The fourth-order valence-corrected chi connectivity index (χ4v) is 4.28. The predicted molar refractivity (Wildman–Crippen MR) is 82.2 cm³/mol. The molecule has 3 N–H and O–H groups in total. The highest BCUT2D eigenvalue weighted by molar-refractivity contribution is 7.89. The molecule has 1 unspecified atom stereocenters. The zero-order chi connectivity index (χ0) is 15.7. The van der Waals surface area contributed by atoms with Gasteiger partial charge in [-0.2, -0.15) is 8.42 Å². The SMILES string of the molecule is NC(=O)C1NCCc2ccc(OS(=O)(=O)c3cccs3)cc21. The summed E-state index contributed by atoms with van der Waals surface area (Å²) >= 11 is 1.08. The highest BCUT2D eigenvalue weighted by Crippen LogP contribution is 2.29. The summed E-state index contributed by atoms with van der Waals surface area (Å²) in [5.41, 5.74) is 7.00.